The van der Waals surface area contributed by atoms with Gasteiger partial charge in [-0.3, -0.25) is 10.1 Å². The summed E-state index contributed by atoms with van der Waals surface area (Å²) in [7, 11) is 0. The van der Waals surface area contributed by atoms with Crippen molar-refractivity contribution in [1.29, 1.82) is 0 Å². The van der Waals surface area contributed by atoms with Crippen LogP contribution < -0.4 is 10.6 Å². The third kappa shape index (κ3) is 4.14. The van der Waals surface area contributed by atoms with E-state index in [4.69, 9.17) is 11.6 Å². The minimum atomic E-state index is -0.135. The van der Waals surface area contributed by atoms with E-state index in [0.29, 0.717) is 28.9 Å². The second-order valence-electron chi connectivity index (χ2n) is 6.10. The number of thiazole rings is 1. The quantitative estimate of drug-likeness (QED) is 0.873. The van der Waals surface area contributed by atoms with Crippen molar-refractivity contribution in [2.75, 3.05) is 11.9 Å². The number of urea groups is 1. The van der Waals surface area contributed by atoms with Crippen molar-refractivity contribution in [3.8, 4) is 0 Å². The van der Waals surface area contributed by atoms with E-state index in [1.165, 1.54) is 24.0 Å². The molecule has 6 nitrogen and oxygen atoms in total. The molecule has 0 spiro atoms. The van der Waals surface area contributed by atoms with Crippen LogP contribution in [0.25, 0.3) is 0 Å². The van der Waals surface area contributed by atoms with Gasteiger partial charge in [-0.05, 0) is 19.3 Å². The number of amides is 3. The fourth-order valence-corrected chi connectivity index (χ4v) is 4.22. The van der Waals surface area contributed by atoms with E-state index in [1.807, 2.05) is 4.90 Å². The van der Waals surface area contributed by atoms with Crippen LogP contribution in [0.4, 0.5) is 9.93 Å². The number of carbonyl (C=O) groups is 2. The molecule has 1 aliphatic heterocycles. The van der Waals surface area contributed by atoms with E-state index in [1.54, 1.807) is 0 Å². The second kappa shape index (κ2) is 7.49. The van der Waals surface area contributed by atoms with Crippen LogP contribution in [0.2, 0.25) is 4.34 Å². The minimum Gasteiger partial charge on any atom is -0.354 e. The molecule has 1 aromatic rings. The van der Waals surface area contributed by atoms with Crippen LogP contribution >= 0.6 is 22.9 Å². The van der Waals surface area contributed by atoms with Crippen molar-refractivity contribution in [1.82, 2.24) is 15.2 Å². The van der Waals surface area contributed by atoms with Crippen LogP contribution in [-0.4, -0.2) is 40.5 Å². The lowest BCUT2D eigenvalue weighted by Crippen LogP contribution is -2.55. The summed E-state index contributed by atoms with van der Waals surface area (Å²) in [6.07, 6.45) is 8.31. The molecular formula is C15H21ClN4O2S. The summed E-state index contributed by atoms with van der Waals surface area (Å²) < 4.78 is 0.550. The van der Waals surface area contributed by atoms with Gasteiger partial charge in [0, 0.05) is 19.0 Å². The first-order chi connectivity index (χ1) is 11.1. The number of carbonyl (C=O) groups excluding carboxylic acids is 2. The Bertz CT molecular complexity index is 564. The van der Waals surface area contributed by atoms with Crippen LogP contribution in [0.3, 0.4) is 0 Å². The number of aromatic nitrogens is 1. The van der Waals surface area contributed by atoms with E-state index in [9.17, 15) is 9.59 Å². The zero-order chi connectivity index (χ0) is 16.2. The Kier molecular flexibility index (Phi) is 5.38. The fraction of sp³-hybridized carbons (Fsp3) is 0.667. The number of nitrogens with zero attached hydrogens (tertiary/aromatic N) is 2. The predicted molar refractivity (Wildman–Crippen MR) is 90.9 cm³/mol. The van der Waals surface area contributed by atoms with Crippen LogP contribution in [-0.2, 0) is 4.79 Å². The number of piperidine rings is 1. The van der Waals surface area contributed by atoms with Crippen molar-refractivity contribution in [2.45, 2.75) is 57.0 Å². The van der Waals surface area contributed by atoms with Gasteiger partial charge in [0.2, 0.25) is 5.91 Å². The molecular weight excluding hydrogens is 336 g/mol. The Balaban J connectivity index is 1.73. The standard InChI is InChI=1S/C15H21ClN4O2S/c16-12-9-18-14(23-12)19-15(22)20(10-4-2-1-3-5-10)11-6-7-13(21)17-8-11/h9-11H,1-8H2,(H,17,21)(H,18,19,22)/t11-/m0/s1. The van der Waals surface area contributed by atoms with Gasteiger partial charge in [0.25, 0.3) is 0 Å². The van der Waals surface area contributed by atoms with E-state index < -0.39 is 0 Å². The van der Waals surface area contributed by atoms with Crippen molar-refractivity contribution in [2.24, 2.45) is 0 Å². The number of halogens is 1. The molecule has 2 N–H and O–H groups in total. The summed E-state index contributed by atoms with van der Waals surface area (Å²) in [6, 6.07) is 0.148. The maximum absolute atomic E-state index is 12.8. The Morgan fingerprint density at radius 3 is 2.70 bits per heavy atom. The third-order valence-corrected chi connectivity index (χ3v) is 5.56. The Labute approximate surface area is 144 Å². The first kappa shape index (κ1) is 16.5. The molecule has 2 heterocycles. The summed E-state index contributed by atoms with van der Waals surface area (Å²) in [4.78, 5) is 30.3. The van der Waals surface area contributed by atoms with Gasteiger partial charge in [-0.15, -0.1) is 0 Å². The molecule has 1 atom stereocenters. The zero-order valence-corrected chi connectivity index (χ0v) is 14.5. The number of anilines is 1. The third-order valence-electron chi connectivity index (χ3n) is 4.53. The molecule has 0 unspecified atom stereocenters. The fourth-order valence-electron chi connectivity index (χ4n) is 3.41. The van der Waals surface area contributed by atoms with Gasteiger partial charge in [0.05, 0.1) is 12.2 Å². The van der Waals surface area contributed by atoms with Crippen molar-refractivity contribution >= 4 is 40.0 Å². The van der Waals surface area contributed by atoms with Gasteiger partial charge in [-0.25, -0.2) is 9.78 Å². The molecule has 0 bridgehead atoms. The summed E-state index contributed by atoms with van der Waals surface area (Å²) in [5.74, 6) is 0.0666. The van der Waals surface area contributed by atoms with Gasteiger partial charge >= 0.3 is 6.03 Å². The summed E-state index contributed by atoms with van der Waals surface area (Å²) in [6.45, 7) is 0.529. The second-order valence-corrected chi connectivity index (χ2v) is 7.76. The molecule has 2 fully saturated rings. The maximum Gasteiger partial charge on any atom is 0.324 e. The molecule has 0 aromatic carbocycles. The summed E-state index contributed by atoms with van der Waals surface area (Å²) in [5.41, 5.74) is 0. The van der Waals surface area contributed by atoms with E-state index in [0.717, 1.165) is 25.7 Å². The average molecular weight is 357 g/mol. The molecule has 2 aliphatic rings. The highest BCUT2D eigenvalue weighted by atomic mass is 35.5. The molecule has 126 valence electrons. The van der Waals surface area contributed by atoms with Gasteiger partial charge in [0.1, 0.15) is 4.34 Å². The molecule has 1 aromatic heterocycles. The average Bonchev–Trinajstić information content (AvgIpc) is 2.95. The van der Waals surface area contributed by atoms with Crippen molar-refractivity contribution in [3.05, 3.63) is 10.5 Å². The topological polar surface area (TPSA) is 74.3 Å². The molecule has 8 heteroatoms. The summed E-state index contributed by atoms with van der Waals surface area (Å²) in [5, 5.41) is 6.26. The largest absolute Gasteiger partial charge is 0.354 e. The molecule has 3 amide bonds. The molecule has 1 saturated heterocycles. The Hall–Kier alpha value is -1.34. The summed E-state index contributed by atoms with van der Waals surface area (Å²) >= 11 is 7.13. The van der Waals surface area contributed by atoms with E-state index >= 15 is 0 Å². The zero-order valence-electron chi connectivity index (χ0n) is 12.9. The molecule has 1 saturated carbocycles. The van der Waals surface area contributed by atoms with Crippen LogP contribution in [0.1, 0.15) is 44.9 Å². The SMILES string of the molecule is O=C1CC[C@H](N(C(=O)Nc2ncc(Cl)s2)C2CCCCC2)CN1. The highest BCUT2D eigenvalue weighted by Gasteiger charge is 2.34. The lowest BCUT2D eigenvalue weighted by Gasteiger charge is -2.41. The lowest BCUT2D eigenvalue weighted by molar-refractivity contribution is -0.123. The van der Waals surface area contributed by atoms with Gasteiger partial charge < -0.3 is 10.2 Å². The van der Waals surface area contributed by atoms with E-state index in [-0.39, 0.29) is 24.0 Å². The first-order valence-electron chi connectivity index (χ1n) is 8.11. The van der Waals surface area contributed by atoms with Gasteiger partial charge in [0.15, 0.2) is 5.13 Å². The lowest BCUT2D eigenvalue weighted by atomic mass is 9.92. The Morgan fingerprint density at radius 2 is 2.09 bits per heavy atom. The van der Waals surface area contributed by atoms with Crippen molar-refractivity contribution < 1.29 is 9.59 Å². The van der Waals surface area contributed by atoms with Crippen molar-refractivity contribution in [3.63, 3.8) is 0 Å². The van der Waals surface area contributed by atoms with E-state index in [2.05, 4.69) is 15.6 Å². The molecule has 3 rings (SSSR count). The van der Waals surface area contributed by atoms with Crippen LogP contribution in [0.5, 0.6) is 0 Å². The molecule has 23 heavy (non-hydrogen) atoms. The number of rotatable bonds is 3. The molecule has 0 radical (unpaired) electrons. The molecule has 1 aliphatic carbocycles. The van der Waals surface area contributed by atoms with Gasteiger partial charge in [-0.2, -0.15) is 0 Å². The normalized spacial score (nSPS) is 22.5. The number of hydrogen-bond donors (Lipinski definition) is 2. The first-order valence-corrected chi connectivity index (χ1v) is 9.30. The monoisotopic (exact) mass is 356 g/mol. The highest BCUT2D eigenvalue weighted by Crippen LogP contribution is 2.28. The van der Waals surface area contributed by atoms with Gasteiger partial charge in [-0.1, -0.05) is 42.2 Å². The maximum atomic E-state index is 12.8. The highest BCUT2D eigenvalue weighted by molar-refractivity contribution is 7.19. The van der Waals surface area contributed by atoms with Crippen LogP contribution in [0, 0.1) is 0 Å². The number of hydrogen-bond acceptors (Lipinski definition) is 4. The number of nitrogens with one attached hydrogen (secondary N) is 2. The predicted octanol–water partition coefficient (Wildman–Crippen LogP) is 3.24. The Morgan fingerprint density at radius 1 is 1.30 bits per heavy atom. The smallest absolute Gasteiger partial charge is 0.324 e. The van der Waals surface area contributed by atoms with Crippen LogP contribution in [0.15, 0.2) is 6.20 Å². The minimum absolute atomic E-state index is 0.0474.